The van der Waals surface area contributed by atoms with Gasteiger partial charge in [0, 0.05) is 6.04 Å². The first-order valence-corrected chi connectivity index (χ1v) is 6.56. The maximum absolute atomic E-state index is 6.24. The molecule has 1 aromatic heterocycles. The Morgan fingerprint density at radius 2 is 2.18 bits per heavy atom. The molecule has 0 amide bonds. The van der Waals surface area contributed by atoms with Gasteiger partial charge in [-0.05, 0) is 59.0 Å². The average Bonchev–Trinajstić information content (AvgIpc) is 2.81. The molecule has 1 unspecified atom stereocenters. The van der Waals surface area contributed by atoms with E-state index in [0.29, 0.717) is 0 Å². The Kier molecular flexibility index (Phi) is 3.82. The van der Waals surface area contributed by atoms with Gasteiger partial charge in [0.05, 0.1) is 7.11 Å². The molecular formula is C14H17NOS. The van der Waals surface area contributed by atoms with Crippen molar-refractivity contribution in [3.63, 3.8) is 0 Å². The van der Waals surface area contributed by atoms with Crippen molar-refractivity contribution in [2.45, 2.75) is 19.4 Å². The highest BCUT2D eigenvalue weighted by Gasteiger charge is 2.10. The molecule has 2 aromatic rings. The van der Waals surface area contributed by atoms with Gasteiger partial charge in [0.25, 0.3) is 0 Å². The molecule has 1 heterocycles. The second kappa shape index (κ2) is 5.34. The lowest BCUT2D eigenvalue weighted by Crippen LogP contribution is -2.14. The van der Waals surface area contributed by atoms with Crippen LogP contribution in [-0.2, 0) is 6.42 Å². The van der Waals surface area contributed by atoms with Crippen molar-refractivity contribution in [1.82, 2.24) is 0 Å². The van der Waals surface area contributed by atoms with E-state index in [4.69, 9.17) is 10.5 Å². The largest absolute Gasteiger partial charge is 0.497 e. The fraction of sp³-hybridized carbons (Fsp3) is 0.286. The van der Waals surface area contributed by atoms with Gasteiger partial charge in [0.1, 0.15) is 5.75 Å². The molecule has 0 fully saturated rings. The molecule has 1 aromatic carbocycles. The Bertz CT molecular complexity index is 479. The maximum atomic E-state index is 6.24. The number of ether oxygens (including phenoxy) is 1. The fourth-order valence-corrected chi connectivity index (χ4v) is 2.65. The molecule has 0 aliphatic rings. The zero-order valence-electron chi connectivity index (χ0n) is 10.1. The van der Waals surface area contributed by atoms with Crippen molar-refractivity contribution in [3.05, 3.63) is 51.7 Å². The summed E-state index contributed by atoms with van der Waals surface area (Å²) in [7, 11) is 1.68. The lowest BCUT2D eigenvalue weighted by atomic mass is 9.97. The van der Waals surface area contributed by atoms with Crippen LogP contribution in [0.2, 0.25) is 0 Å². The van der Waals surface area contributed by atoms with Gasteiger partial charge >= 0.3 is 0 Å². The Balaban J connectivity index is 2.16. The number of nitrogens with two attached hydrogens (primary N) is 1. The lowest BCUT2D eigenvalue weighted by molar-refractivity contribution is 0.414. The SMILES string of the molecule is COc1ccc(C(N)Cc2ccsc2)c(C)c1. The third kappa shape index (κ3) is 2.87. The summed E-state index contributed by atoms with van der Waals surface area (Å²) in [5.74, 6) is 0.883. The first-order chi connectivity index (χ1) is 8.20. The van der Waals surface area contributed by atoms with Crippen LogP contribution in [-0.4, -0.2) is 7.11 Å². The molecule has 0 aliphatic heterocycles. The van der Waals surface area contributed by atoms with E-state index in [1.165, 1.54) is 16.7 Å². The van der Waals surface area contributed by atoms with Gasteiger partial charge in [-0.15, -0.1) is 0 Å². The summed E-state index contributed by atoms with van der Waals surface area (Å²) in [6.07, 6.45) is 0.886. The number of hydrogen-bond acceptors (Lipinski definition) is 3. The monoisotopic (exact) mass is 247 g/mol. The predicted molar refractivity (Wildman–Crippen MR) is 72.7 cm³/mol. The van der Waals surface area contributed by atoms with Crippen molar-refractivity contribution in [1.29, 1.82) is 0 Å². The Hall–Kier alpha value is -1.32. The highest BCUT2D eigenvalue weighted by molar-refractivity contribution is 7.07. The molecule has 0 bridgehead atoms. The molecule has 2 nitrogen and oxygen atoms in total. The Morgan fingerprint density at radius 3 is 2.76 bits per heavy atom. The molecule has 0 aliphatic carbocycles. The number of thiophene rings is 1. The molecule has 2 rings (SSSR count). The normalized spacial score (nSPS) is 12.4. The summed E-state index contributed by atoms with van der Waals surface area (Å²) in [5, 5.41) is 4.24. The number of hydrogen-bond donors (Lipinski definition) is 1. The van der Waals surface area contributed by atoms with E-state index in [1.807, 2.05) is 12.1 Å². The topological polar surface area (TPSA) is 35.2 Å². The van der Waals surface area contributed by atoms with Crippen LogP contribution in [0.15, 0.2) is 35.0 Å². The number of methoxy groups -OCH3 is 1. The van der Waals surface area contributed by atoms with Crippen LogP contribution in [0.1, 0.15) is 22.7 Å². The number of aryl methyl sites for hydroxylation is 1. The summed E-state index contributed by atoms with van der Waals surface area (Å²) >= 11 is 1.71. The van der Waals surface area contributed by atoms with E-state index in [0.717, 1.165) is 12.2 Å². The quantitative estimate of drug-likeness (QED) is 0.899. The van der Waals surface area contributed by atoms with Crippen LogP contribution in [0.4, 0.5) is 0 Å². The van der Waals surface area contributed by atoms with Crippen LogP contribution in [0.3, 0.4) is 0 Å². The molecule has 0 saturated heterocycles. The highest BCUT2D eigenvalue weighted by Crippen LogP contribution is 2.24. The zero-order valence-corrected chi connectivity index (χ0v) is 11.0. The second-order valence-corrected chi connectivity index (χ2v) is 4.94. The van der Waals surface area contributed by atoms with Gasteiger partial charge in [0.2, 0.25) is 0 Å². The predicted octanol–water partition coefficient (Wildman–Crippen LogP) is 3.31. The summed E-state index contributed by atoms with van der Waals surface area (Å²) in [4.78, 5) is 0. The summed E-state index contributed by atoms with van der Waals surface area (Å²) < 4.78 is 5.20. The van der Waals surface area contributed by atoms with E-state index >= 15 is 0 Å². The van der Waals surface area contributed by atoms with Gasteiger partial charge in [-0.3, -0.25) is 0 Å². The molecule has 0 spiro atoms. The minimum atomic E-state index is 0.0514. The Labute approximate surface area is 106 Å². The van der Waals surface area contributed by atoms with E-state index in [1.54, 1.807) is 18.4 Å². The molecule has 90 valence electrons. The van der Waals surface area contributed by atoms with Crippen LogP contribution in [0.25, 0.3) is 0 Å². The molecule has 3 heteroatoms. The van der Waals surface area contributed by atoms with E-state index < -0.39 is 0 Å². The maximum Gasteiger partial charge on any atom is 0.119 e. The van der Waals surface area contributed by atoms with E-state index in [-0.39, 0.29) is 6.04 Å². The molecular weight excluding hydrogens is 230 g/mol. The summed E-state index contributed by atoms with van der Waals surface area (Å²) in [6.45, 7) is 2.07. The van der Waals surface area contributed by atoms with Crippen molar-refractivity contribution in [3.8, 4) is 5.75 Å². The average molecular weight is 247 g/mol. The second-order valence-electron chi connectivity index (χ2n) is 4.16. The van der Waals surface area contributed by atoms with E-state index in [2.05, 4.69) is 29.8 Å². The molecule has 0 radical (unpaired) electrons. The number of rotatable bonds is 4. The third-order valence-electron chi connectivity index (χ3n) is 2.91. The van der Waals surface area contributed by atoms with Gasteiger partial charge in [-0.1, -0.05) is 6.07 Å². The van der Waals surface area contributed by atoms with Crippen molar-refractivity contribution in [2.75, 3.05) is 7.11 Å². The molecule has 2 N–H and O–H groups in total. The minimum Gasteiger partial charge on any atom is -0.497 e. The standard InChI is InChI=1S/C14H17NOS/c1-10-7-12(16-2)3-4-13(10)14(15)8-11-5-6-17-9-11/h3-7,9,14H,8,15H2,1-2H3. The van der Waals surface area contributed by atoms with Crippen LogP contribution < -0.4 is 10.5 Å². The van der Waals surface area contributed by atoms with Crippen molar-refractivity contribution >= 4 is 11.3 Å². The first-order valence-electron chi connectivity index (χ1n) is 5.62. The lowest BCUT2D eigenvalue weighted by Gasteiger charge is -2.15. The van der Waals surface area contributed by atoms with Crippen LogP contribution in [0, 0.1) is 6.92 Å². The summed E-state index contributed by atoms with van der Waals surface area (Å²) in [5.41, 5.74) is 9.92. The van der Waals surface area contributed by atoms with Gasteiger partial charge in [-0.2, -0.15) is 11.3 Å². The fourth-order valence-electron chi connectivity index (χ4n) is 1.96. The van der Waals surface area contributed by atoms with Gasteiger partial charge in [-0.25, -0.2) is 0 Å². The minimum absolute atomic E-state index is 0.0514. The molecule has 17 heavy (non-hydrogen) atoms. The van der Waals surface area contributed by atoms with Crippen LogP contribution in [0.5, 0.6) is 5.75 Å². The molecule has 0 saturated carbocycles. The van der Waals surface area contributed by atoms with Crippen molar-refractivity contribution < 1.29 is 4.74 Å². The summed E-state index contributed by atoms with van der Waals surface area (Å²) in [6, 6.07) is 8.24. The van der Waals surface area contributed by atoms with Gasteiger partial charge in [0.15, 0.2) is 0 Å². The highest BCUT2D eigenvalue weighted by atomic mass is 32.1. The van der Waals surface area contributed by atoms with Gasteiger partial charge < -0.3 is 10.5 Å². The van der Waals surface area contributed by atoms with Crippen LogP contribution >= 0.6 is 11.3 Å². The third-order valence-corrected chi connectivity index (χ3v) is 3.64. The molecule has 1 atom stereocenters. The first kappa shape index (κ1) is 12.1. The number of benzene rings is 1. The smallest absolute Gasteiger partial charge is 0.119 e. The zero-order chi connectivity index (χ0) is 12.3. The van der Waals surface area contributed by atoms with E-state index in [9.17, 15) is 0 Å². The Morgan fingerprint density at radius 1 is 1.35 bits per heavy atom. The van der Waals surface area contributed by atoms with Crippen molar-refractivity contribution in [2.24, 2.45) is 5.73 Å².